The minimum atomic E-state index is -0.940. The van der Waals surface area contributed by atoms with Crippen LogP contribution in [-0.4, -0.2) is 24.0 Å². The number of esters is 1. The lowest BCUT2D eigenvalue weighted by atomic mass is 10.2. The fraction of sp³-hybridized carbons (Fsp3) is 0.0435. The molecule has 2 N–H and O–H groups in total. The normalized spacial score (nSPS) is 10.6. The number of amides is 2. The van der Waals surface area contributed by atoms with E-state index >= 15 is 0 Å². The zero-order valence-electron chi connectivity index (χ0n) is 16.8. The smallest absolute Gasteiger partial charge is 0.343 e. The number of hydrogen-bond donors (Lipinski definition) is 2. The van der Waals surface area contributed by atoms with Crippen molar-refractivity contribution in [2.75, 3.05) is 5.32 Å². The van der Waals surface area contributed by atoms with Crippen LogP contribution < -0.4 is 15.5 Å². The molecule has 7 nitrogen and oxygen atoms in total. The van der Waals surface area contributed by atoms with E-state index in [0.29, 0.717) is 32.6 Å². The summed E-state index contributed by atoms with van der Waals surface area (Å²) in [4.78, 5) is 36.0. The number of hydrazone groups is 1. The fourth-order valence-electron chi connectivity index (χ4n) is 2.48. The van der Waals surface area contributed by atoms with Crippen LogP contribution in [0.4, 0.5) is 5.69 Å². The Bertz CT molecular complexity index is 1190. The molecule has 0 saturated carbocycles. The topological polar surface area (TPSA) is 96.9 Å². The fourth-order valence-corrected chi connectivity index (χ4v) is 2.85. The average Bonchev–Trinajstić information content (AvgIpc) is 2.77. The quantitative estimate of drug-likeness (QED) is 0.187. The maximum Gasteiger partial charge on any atom is 0.343 e. The Morgan fingerprint density at radius 2 is 1.69 bits per heavy atom. The summed E-state index contributed by atoms with van der Waals surface area (Å²) in [6, 6.07) is 17.7. The molecule has 0 aliphatic rings. The summed E-state index contributed by atoms with van der Waals surface area (Å²) in [6.45, 7) is 1.82. The van der Waals surface area contributed by atoms with Gasteiger partial charge in [0, 0.05) is 15.7 Å². The number of nitrogens with zero attached hydrogens (tertiary/aromatic N) is 1. The standard InChI is InChI=1S/C23H17Cl2N3O4/c1-14-5-8-18(12-20(14)25)27-21(29)22(30)28-26-13-15-6-9-19(10-7-15)32-23(31)16-3-2-4-17(24)11-16/h2-13H,1H3,(H,27,29)(H,28,30)/b26-13-. The van der Waals surface area contributed by atoms with E-state index in [4.69, 9.17) is 27.9 Å². The predicted molar refractivity (Wildman–Crippen MR) is 123 cm³/mol. The molecule has 0 saturated heterocycles. The van der Waals surface area contributed by atoms with Crippen molar-refractivity contribution in [3.05, 3.63) is 93.5 Å². The molecule has 3 rings (SSSR count). The number of benzene rings is 3. The van der Waals surface area contributed by atoms with Crippen molar-refractivity contribution in [1.82, 2.24) is 5.43 Å². The largest absolute Gasteiger partial charge is 0.423 e. The van der Waals surface area contributed by atoms with E-state index in [0.717, 1.165) is 5.56 Å². The molecule has 0 aliphatic heterocycles. The number of aryl methyl sites for hydroxylation is 1. The molecule has 0 bridgehead atoms. The van der Waals surface area contributed by atoms with Gasteiger partial charge >= 0.3 is 17.8 Å². The highest BCUT2D eigenvalue weighted by molar-refractivity contribution is 6.40. The molecule has 0 spiro atoms. The monoisotopic (exact) mass is 469 g/mol. The van der Waals surface area contributed by atoms with Crippen LogP contribution in [0.1, 0.15) is 21.5 Å². The van der Waals surface area contributed by atoms with Crippen molar-refractivity contribution in [1.29, 1.82) is 0 Å². The Labute approximate surface area is 194 Å². The van der Waals surface area contributed by atoms with Crippen LogP contribution in [-0.2, 0) is 9.59 Å². The van der Waals surface area contributed by atoms with E-state index < -0.39 is 17.8 Å². The van der Waals surface area contributed by atoms with Crippen molar-refractivity contribution in [3.63, 3.8) is 0 Å². The van der Waals surface area contributed by atoms with Gasteiger partial charge in [-0.1, -0.05) is 35.3 Å². The molecular weight excluding hydrogens is 453 g/mol. The van der Waals surface area contributed by atoms with Crippen LogP contribution in [0, 0.1) is 6.92 Å². The molecule has 9 heteroatoms. The van der Waals surface area contributed by atoms with Crippen LogP contribution in [0.5, 0.6) is 5.75 Å². The van der Waals surface area contributed by atoms with E-state index in [-0.39, 0.29) is 0 Å². The first-order valence-electron chi connectivity index (χ1n) is 9.30. The maximum absolute atomic E-state index is 12.1. The number of hydrogen-bond acceptors (Lipinski definition) is 5. The minimum absolute atomic E-state index is 0.326. The molecule has 0 heterocycles. The first kappa shape index (κ1) is 23.0. The number of carbonyl (C=O) groups is 3. The van der Waals surface area contributed by atoms with Gasteiger partial charge in [0.25, 0.3) is 0 Å². The number of halogens is 2. The molecule has 0 aliphatic carbocycles. The lowest BCUT2D eigenvalue weighted by molar-refractivity contribution is -0.136. The number of nitrogens with one attached hydrogen (secondary N) is 2. The predicted octanol–water partition coefficient (Wildman–Crippen LogP) is 4.61. The van der Waals surface area contributed by atoms with Gasteiger partial charge in [0.05, 0.1) is 11.8 Å². The molecule has 0 aromatic heterocycles. The van der Waals surface area contributed by atoms with E-state index in [1.165, 1.54) is 12.3 Å². The van der Waals surface area contributed by atoms with Gasteiger partial charge in [0.2, 0.25) is 0 Å². The van der Waals surface area contributed by atoms with E-state index in [1.807, 2.05) is 6.92 Å². The van der Waals surface area contributed by atoms with Gasteiger partial charge in [-0.3, -0.25) is 9.59 Å². The molecular formula is C23H17Cl2N3O4. The van der Waals surface area contributed by atoms with Crippen LogP contribution >= 0.6 is 23.2 Å². The van der Waals surface area contributed by atoms with E-state index in [2.05, 4.69) is 15.8 Å². The van der Waals surface area contributed by atoms with Gasteiger partial charge in [-0.05, 0) is 72.6 Å². The van der Waals surface area contributed by atoms with Crippen molar-refractivity contribution in [2.45, 2.75) is 6.92 Å². The number of carbonyl (C=O) groups excluding carboxylic acids is 3. The van der Waals surface area contributed by atoms with Gasteiger partial charge in [-0.25, -0.2) is 10.2 Å². The molecule has 0 unspecified atom stereocenters. The third-order valence-electron chi connectivity index (χ3n) is 4.17. The number of rotatable bonds is 5. The summed E-state index contributed by atoms with van der Waals surface area (Å²) < 4.78 is 5.28. The number of anilines is 1. The number of ether oxygens (including phenoxy) is 1. The van der Waals surface area contributed by atoms with Crippen molar-refractivity contribution in [3.8, 4) is 5.75 Å². The highest BCUT2D eigenvalue weighted by Gasteiger charge is 2.13. The third-order valence-corrected chi connectivity index (χ3v) is 4.81. The van der Waals surface area contributed by atoms with Crippen LogP contribution in [0.25, 0.3) is 0 Å². The third kappa shape index (κ3) is 6.41. The summed E-state index contributed by atoms with van der Waals surface area (Å²) in [6.07, 6.45) is 1.34. The van der Waals surface area contributed by atoms with Crippen LogP contribution in [0.15, 0.2) is 71.8 Å². The van der Waals surface area contributed by atoms with Crippen LogP contribution in [0.2, 0.25) is 10.0 Å². The molecule has 0 atom stereocenters. The Kier molecular flexibility index (Phi) is 7.59. The minimum Gasteiger partial charge on any atom is -0.423 e. The molecule has 2 amide bonds. The summed E-state index contributed by atoms with van der Waals surface area (Å²) in [5, 5.41) is 7.09. The second-order valence-corrected chi connectivity index (χ2v) is 7.43. The van der Waals surface area contributed by atoms with Crippen molar-refractivity contribution >= 4 is 52.9 Å². The zero-order chi connectivity index (χ0) is 23.1. The SMILES string of the molecule is Cc1ccc(NC(=O)C(=O)N/N=C\c2ccc(OC(=O)c3cccc(Cl)c3)cc2)cc1Cl. The Morgan fingerprint density at radius 1 is 0.938 bits per heavy atom. The van der Waals surface area contributed by atoms with Gasteiger partial charge in [0.1, 0.15) is 5.75 Å². The second-order valence-electron chi connectivity index (χ2n) is 6.59. The molecule has 0 fully saturated rings. The molecule has 3 aromatic rings. The lowest BCUT2D eigenvalue weighted by Crippen LogP contribution is -2.32. The van der Waals surface area contributed by atoms with Gasteiger partial charge in [-0.15, -0.1) is 0 Å². The zero-order valence-corrected chi connectivity index (χ0v) is 18.3. The van der Waals surface area contributed by atoms with Crippen LogP contribution in [0.3, 0.4) is 0 Å². The highest BCUT2D eigenvalue weighted by Crippen LogP contribution is 2.20. The summed E-state index contributed by atoms with van der Waals surface area (Å²) in [5.74, 6) is -2.04. The summed E-state index contributed by atoms with van der Waals surface area (Å²) in [5.41, 5.74) is 4.33. The van der Waals surface area contributed by atoms with Gasteiger partial charge in [0.15, 0.2) is 0 Å². The summed E-state index contributed by atoms with van der Waals surface area (Å²) in [7, 11) is 0. The molecule has 32 heavy (non-hydrogen) atoms. The Morgan fingerprint density at radius 3 is 2.38 bits per heavy atom. The van der Waals surface area contributed by atoms with E-state index in [9.17, 15) is 14.4 Å². The first-order chi connectivity index (χ1) is 15.3. The molecule has 3 aromatic carbocycles. The lowest BCUT2D eigenvalue weighted by Gasteiger charge is -2.06. The van der Waals surface area contributed by atoms with E-state index in [1.54, 1.807) is 60.7 Å². The molecule has 162 valence electrons. The highest BCUT2D eigenvalue weighted by atomic mass is 35.5. The molecule has 0 radical (unpaired) electrons. The second kappa shape index (κ2) is 10.6. The maximum atomic E-state index is 12.1. The van der Waals surface area contributed by atoms with Crippen molar-refractivity contribution in [2.24, 2.45) is 5.10 Å². The van der Waals surface area contributed by atoms with Gasteiger partial charge < -0.3 is 10.1 Å². The average molecular weight is 470 g/mol. The first-order valence-corrected chi connectivity index (χ1v) is 10.1. The Balaban J connectivity index is 1.51. The Hall–Kier alpha value is -3.68. The van der Waals surface area contributed by atoms with Gasteiger partial charge in [-0.2, -0.15) is 5.10 Å². The summed E-state index contributed by atoms with van der Waals surface area (Å²) >= 11 is 11.9. The van der Waals surface area contributed by atoms with Crippen molar-refractivity contribution < 1.29 is 19.1 Å².